The van der Waals surface area contributed by atoms with Gasteiger partial charge in [0.25, 0.3) is 0 Å². The van der Waals surface area contributed by atoms with E-state index in [2.05, 4.69) is 5.32 Å². The summed E-state index contributed by atoms with van der Waals surface area (Å²) < 4.78 is 0. The van der Waals surface area contributed by atoms with Crippen LogP contribution in [0.1, 0.15) is 19.3 Å². The number of nitrogens with zero attached hydrogens (tertiary/aromatic N) is 1. The normalized spacial score (nSPS) is 13.1. The molecule has 96 valence electrons. The number of ketones is 1. The third kappa shape index (κ3) is 7.76. The number of aliphatic hydroxyl groups excluding tert-OH is 1. The van der Waals surface area contributed by atoms with Crippen LogP contribution in [0.4, 0.5) is 0 Å². The van der Waals surface area contributed by atoms with Gasteiger partial charge in [-0.15, -0.1) is 0 Å². The highest BCUT2D eigenvalue weighted by Gasteiger charge is 2.13. The minimum Gasteiger partial charge on any atom is -0.395 e. The first-order chi connectivity index (χ1) is 7.61. The maximum Gasteiger partial charge on any atom is 0.149 e. The lowest BCUT2D eigenvalue weighted by atomic mass is 10.1. The Hall–Kier alpha value is -0.490. The number of Topliss-reactive ketones (excluding diaryl/α,β-unsaturated/α-hetero) is 1. The van der Waals surface area contributed by atoms with Gasteiger partial charge in [-0.25, -0.2) is 0 Å². The predicted molar refractivity (Wildman–Crippen MR) is 65.3 cm³/mol. The predicted octanol–water partition coefficient (Wildman–Crippen LogP) is -0.803. The molecule has 0 unspecified atom stereocenters. The highest BCUT2D eigenvalue weighted by molar-refractivity contribution is 5.83. The molecule has 0 aliphatic heterocycles. The second kappa shape index (κ2) is 9.72. The van der Waals surface area contributed by atoms with Crippen molar-refractivity contribution in [2.75, 3.05) is 40.3 Å². The molecule has 0 bridgehead atoms. The third-order valence-corrected chi connectivity index (χ3v) is 2.57. The van der Waals surface area contributed by atoms with Crippen molar-refractivity contribution in [2.45, 2.75) is 25.3 Å². The third-order valence-electron chi connectivity index (χ3n) is 2.57. The van der Waals surface area contributed by atoms with E-state index in [9.17, 15) is 4.79 Å². The number of carbonyl (C=O) groups excluding carboxylic acids is 1. The van der Waals surface area contributed by atoms with Crippen molar-refractivity contribution in [3.63, 3.8) is 0 Å². The lowest BCUT2D eigenvalue weighted by Crippen LogP contribution is -2.35. The Kier molecular flexibility index (Phi) is 9.42. The van der Waals surface area contributed by atoms with Gasteiger partial charge in [-0.05, 0) is 40.0 Å². The van der Waals surface area contributed by atoms with Gasteiger partial charge >= 0.3 is 0 Å². The molecule has 0 aromatic heterocycles. The fraction of sp³-hybridized carbons (Fsp3) is 0.909. The molecule has 0 saturated heterocycles. The number of hydrogen-bond acceptors (Lipinski definition) is 5. The van der Waals surface area contributed by atoms with Crippen molar-refractivity contribution in [2.24, 2.45) is 5.73 Å². The van der Waals surface area contributed by atoms with E-state index in [0.29, 0.717) is 19.4 Å². The average Bonchev–Trinajstić information content (AvgIpc) is 2.26. The Morgan fingerprint density at radius 3 is 2.75 bits per heavy atom. The van der Waals surface area contributed by atoms with E-state index in [1.807, 2.05) is 19.0 Å². The molecule has 0 aromatic rings. The van der Waals surface area contributed by atoms with Gasteiger partial charge in [0.15, 0.2) is 0 Å². The maximum absolute atomic E-state index is 11.6. The quantitative estimate of drug-likeness (QED) is 0.429. The number of likely N-dealkylation sites (N-methyl/N-ethyl adjacent to an activating group) is 1. The first kappa shape index (κ1) is 15.5. The molecular formula is C11H25N3O2. The second-order valence-corrected chi connectivity index (χ2v) is 4.10. The van der Waals surface area contributed by atoms with Crippen LogP contribution in [0, 0.1) is 0 Å². The van der Waals surface area contributed by atoms with Crippen LogP contribution < -0.4 is 11.1 Å². The van der Waals surface area contributed by atoms with Crippen LogP contribution in [-0.4, -0.2) is 62.2 Å². The van der Waals surface area contributed by atoms with Gasteiger partial charge in [-0.1, -0.05) is 0 Å². The first-order valence-corrected chi connectivity index (χ1v) is 5.84. The first-order valence-electron chi connectivity index (χ1n) is 5.84. The van der Waals surface area contributed by atoms with Crippen LogP contribution in [0.3, 0.4) is 0 Å². The van der Waals surface area contributed by atoms with Crippen LogP contribution in [0.2, 0.25) is 0 Å². The van der Waals surface area contributed by atoms with Crippen LogP contribution in [0.15, 0.2) is 0 Å². The molecule has 5 heteroatoms. The Balaban J connectivity index is 3.62. The van der Waals surface area contributed by atoms with Crippen molar-refractivity contribution in [3.8, 4) is 0 Å². The molecule has 1 atom stereocenters. The summed E-state index contributed by atoms with van der Waals surface area (Å²) >= 11 is 0. The van der Waals surface area contributed by atoms with Crippen molar-refractivity contribution in [1.29, 1.82) is 0 Å². The van der Waals surface area contributed by atoms with Gasteiger partial charge in [-0.2, -0.15) is 0 Å². The van der Waals surface area contributed by atoms with E-state index in [4.69, 9.17) is 10.8 Å². The maximum atomic E-state index is 11.6. The lowest BCUT2D eigenvalue weighted by molar-refractivity contribution is -0.120. The highest BCUT2D eigenvalue weighted by Crippen LogP contribution is 1.99. The van der Waals surface area contributed by atoms with E-state index in [1.54, 1.807) is 0 Å². The summed E-state index contributed by atoms with van der Waals surface area (Å²) in [6.45, 7) is 2.37. The Bertz CT molecular complexity index is 188. The van der Waals surface area contributed by atoms with E-state index >= 15 is 0 Å². The molecule has 0 heterocycles. The summed E-state index contributed by atoms with van der Waals surface area (Å²) in [4.78, 5) is 13.5. The average molecular weight is 231 g/mol. The van der Waals surface area contributed by atoms with Gasteiger partial charge in [0, 0.05) is 13.0 Å². The Morgan fingerprint density at radius 1 is 1.50 bits per heavy atom. The molecule has 0 aliphatic carbocycles. The van der Waals surface area contributed by atoms with Gasteiger partial charge in [0.1, 0.15) is 5.78 Å². The summed E-state index contributed by atoms with van der Waals surface area (Å²) in [5, 5.41) is 11.7. The standard InChI is InChI=1S/C11H25N3O2/c1-13-6-3-4-11(16)10(12)5-7-14(2)8-9-15/h10,13,15H,3-9,12H2,1-2H3/t10-/m0/s1. The molecular weight excluding hydrogens is 206 g/mol. The van der Waals surface area contributed by atoms with Crippen molar-refractivity contribution in [1.82, 2.24) is 10.2 Å². The number of rotatable bonds is 10. The van der Waals surface area contributed by atoms with E-state index in [-0.39, 0.29) is 18.4 Å². The topological polar surface area (TPSA) is 78.6 Å². The Labute approximate surface area is 98.0 Å². The zero-order valence-corrected chi connectivity index (χ0v) is 10.4. The number of hydrogen-bond donors (Lipinski definition) is 3. The molecule has 0 amide bonds. The van der Waals surface area contributed by atoms with Crippen LogP contribution >= 0.6 is 0 Å². The van der Waals surface area contributed by atoms with Crippen LogP contribution in [0.25, 0.3) is 0 Å². The van der Waals surface area contributed by atoms with Gasteiger partial charge in [-0.3, -0.25) is 4.79 Å². The van der Waals surface area contributed by atoms with Crippen molar-refractivity contribution < 1.29 is 9.90 Å². The summed E-state index contributed by atoms with van der Waals surface area (Å²) in [6, 6.07) is -0.363. The van der Waals surface area contributed by atoms with E-state index in [1.165, 1.54) is 0 Å². The van der Waals surface area contributed by atoms with Gasteiger partial charge < -0.3 is 21.1 Å². The van der Waals surface area contributed by atoms with Gasteiger partial charge in [0.2, 0.25) is 0 Å². The van der Waals surface area contributed by atoms with Crippen LogP contribution in [-0.2, 0) is 4.79 Å². The molecule has 16 heavy (non-hydrogen) atoms. The number of nitrogens with one attached hydrogen (secondary N) is 1. The van der Waals surface area contributed by atoms with Crippen molar-refractivity contribution >= 4 is 5.78 Å². The summed E-state index contributed by atoms with van der Waals surface area (Å²) in [5.41, 5.74) is 5.78. The fourth-order valence-electron chi connectivity index (χ4n) is 1.43. The summed E-state index contributed by atoms with van der Waals surface area (Å²) in [7, 11) is 3.78. The summed E-state index contributed by atoms with van der Waals surface area (Å²) in [6.07, 6.45) is 2.05. The number of aliphatic hydroxyl groups is 1. The molecule has 0 saturated carbocycles. The largest absolute Gasteiger partial charge is 0.395 e. The van der Waals surface area contributed by atoms with E-state index < -0.39 is 0 Å². The zero-order valence-electron chi connectivity index (χ0n) is 10.4. The molecule has 0 aromatic carbocycles. The SMILES string of the molecule is CNCCCC(=O)[C@@H](N)CCN(C)CCO. The molecule has 0 radical (unpaired) electrons. The molecule has 0 aliphatic rings. The van der Waals surface area contributed by atoms with Gasteiger partial charge in [0.05, 0.1) is 12.6 Å². The lowest BCUT2D eigenvalue weighted by Gasteiger charge is -2.17. The summed E-state index contributed by atoms with van der Waals surface area (Å²) in [5.74, 6) is 0.132. The smallest absolute Gasteiger partial charge is 0.149 e. The number of nitrogens with two attached hydrogens (primary N) is 1. The minimum absolute atomic E-state index is 0.132. The fourth-order valence-corrected chi connectivity index (χ4v) is 1.43. The zero-order chi connectivity index (χ0) is 12.4. The Morgan fingerprint density at radius 2 is 2.19 bits per heavy atom. The molecule has 0 rings (SSSR count). The van der Waals surface area contributed by atoms with Crippen molar-refractivity contribution in [3.05, 3.63) is 0 Å². The molecule has 0 spiro atoms. The molecule has 5 nitrogen and oxygen atoms in total. The second-order valence-electron chi connectivity index (χ2n) is 4.10. The highest BCUT2D eigenvalue weighted by atomic mass is 16.3. The van der Waals surface area contributed by atoms with Crippen LogP contribution in [0.5, 0.6) is 0 Å². The minimum atomic E-state index is -0.363. The molecule has 0 fully saturated rings. The van der Waals surface area contributed by atoms with E-state index in [0.717, 1.165) is 19.5 Å². The molecule has 4 N–H and O–H groups in total. The monoisotopic (exact) mass is 231 g/mol. The number of carbonyl (C=O) groups is 1.